The van der Waals surface area contributed by atoms with Crippen molar-refractivity contribution < 1.29 is 4.79 Å². The average Bonchev–Trinajstić information content (AvgIpc) is 3.13. The van der Waals surface area contributed by atoms with Gasteiger partial charge in [-0.25, -0.2) is 0 Å². The van der Waals surface area contributed by atoms with E-state index in [9.17, 15) is 10.1 Å². The van der Waals surface area contributed by atoms with Gasteiger partial charge in [-0.05, 0) is 44.7 Å². The third kappa shape index (κ3) is 2.76. The SMILES string of the molecule is N#CC(N)(CN1CCC(C(N)=O)CC1)C1CC1. The van der Waals surface area contributed by atoms with Crippen molar-refractivity contribution in [2.24, 2.45) is 23.3 Å². The van der Waals surface area contributed by atoms with Crippen LogP contribution in [0.5, 0.6) is 0 Å². The lowest BCUT2D eigenvalue weighted by atomic mass is 9.92. The van der Waals surface area contributed by atoms with Crippen LogP contribution in [-0.2, 0) is 4.79 Å². The molecule has 2 rings (SSSR count). The van der Waals surface area contributed by atoms with Crippen molar-refractivity contribution in [3.05, 3.63) is 0 Å². The minimum Gasteiger partial charge on any atom is -0.369 e. The monoisotopic (exact) mass is 236 g/mol. The third-order valence-electron chi connectivity index (χ3n) is 3.99. The van der Waals surface area contributed by atoms with Crippen molar-refractivity contribution >= 4 is 5.91 Å². The van der Waals surface area contributed by atoms with Gasteiger partial charge in [-0.3, -0.25) is 4.79 Å². The molecule has 0 aromatic heterocycles. The van der Waals surface area contributed by atoms with Crippen LogP contribution in [0.4, 0.5) is 0 Å². The second-order valence-electron chi connectivity index (χ2n) is 5.38. The highest BCUT2D eigenvalue weighted by molar-refractivity contribution is 5.76. The first-order chi connectivity index (χ1) is 8.05. The van der Waals surface area contributed by atoms with Crippen molar-refractivity contribution in [1.82, 2.24) is 4.90 Å². The van der Waals surface area contributed by atoms with Crippen molar-refractivity contribution in [3.63, 3.8) is 0 Å². The Hall–Kier alpha value is -1.12. The van der Waals surface area contributed by atoms with E-state index in [2.05, 4.69) is 11.0 Å². The zero-order valence-electron chi connectivity index (χ0n) is 10.1. The fourth-order valence-corrected chi connectivity index (χ4v) is 2.60. The molecule has 0 spiro atoms. The zero-order valence-corrected chi connectivity index (χ0v) is 10.1. The van der Waals surface area contributed by atoms with Crippen LogP contribution >= 0.6 is 0 Å². The second kappa shape index (κ2) is 4.63. The number of carbonyl (C=O) groups excluding carboxylic acids is 1. The number of carbonyl (C=O) groups is 1. The van der Waals surface area contributed by atoms with E-state index in [0.717, 1.165) is 38.8 Å². The molecule has 1 heterocycles. The Labute approximate surface area is 102 Å². The summed E-state index contributed by atoms with van der Waals surface area (Å²) < 4.78 is 0. The summed E-state index contributed by atoms with van der Waals surface area (Å²) in [5.74, 6) is 0.161. The van der Waals surface area contributed by atoms with E-state index in [-0.39, 0.29) is 11.8 Å². The van der Waals surface area contributed by atoms with E-state index < -0.39 is 5.54 Å². The molecule has 5 heteroatoms. The van der Waals surface area contributed by atoms with Crippen LogP contribution in [0.15, 0.2) is 0 Å². The van der Waals surface area contributed by atoms with Gasteiger partial charge in [-0.2, -0.15) is 5.26 Å². The van der Waals surface area contributed by atoms with Gasteiger partial charge in [-0.1, -0.05) is 0 Å². The number of hydrogen-bond donors (Lipinski definition) is 2. The van der Waals surface area contributed by atoms with E-state index in [0.29, 0.717) is 12.5 Å². The average molecular weight is 236 g/mol. The molecule has 1 saturated heterocycles. The smallest absolute Gasteiger partial charge is 0.220 e. The number of nitrogens with two attached hydrogens (primary N) is 2. The highest BCUT2D eigenvalue weighted by Gasteiger charge is 2.44. The van der Waals surface area contributed by atoms with Gasteiger partial charge >= 0.3 is 0 Å². The minimum absolute atomic E-state index is 0.00133. The summed E-state index contributed by atoms with van der Waals surface area (Å²) in [6.07, 6.45) is 3.73. The third-order valence-corrected chi connectivity index (χ3v) is 3.99. The number of primary amides is 1. The zero-order chi connectivity index (χ0) is 12.5. The standard InChI is InChI=1S/C12H20N4O/c13-7-12(15,10-1-2-10)8-16-5-3-9(4-6-16)11(14)17/h9-10H,1-6,8,15H2,(H2,14,17). The Bertz CT molecular complexity index is 339. The number of amides is 1. The van der Waals surface area contributed by atoms with Crippen molar-refractivity contribution in [2.75, 3.05) is 19.6 Å². The number of nitrogens with zero attached hydrogens (tertiary/aromatic N) is 2. The number of nitriles is 1. The van der Waals surface area contributed by atoms with Gasteiger partial charge < -0.3 is 16.4 Å². The Kier molecular flexibility index (Phi) is 3.36. The maximum absolute atomic E-state index is 11.0. The predicted molar refractivity (Wildman–Crippen MR) is 63.6 cm³/mol. The van der Waals surface area contributed by atoms with Crippen LogP contribution in [0.3, 0.4) is 0 Å². The Morgan fingerprint density at radius 2 is 1.94 bits per heavy atom. The molecule has 2 fully saturated rings. The first-order valence-corrected chi connectivity index (χ1v) is 6.27. The summed E-state index contributed by atoms with van der Waals surface area (Å²) in [6.45, 7) is 2.27. The lowest BCUT2D eigenvalue weighted by Crippen LogP contribution is -2.53. The Morgan fingerprint density at radius 1 is 1.35 bits per heavy atom. The molecule has 1 unspecified atom stereocenters. The number of piperidine rings is 1. The fraction of sp³-hybridized carbons (Fsp3) is 0.833. The molecule has 1 saturated carbocycles. The minimum atomic E-state index is -0.695. The molecule has 0 aromatic carbocycles. The van der Waals surface area contributed by atoms with E-state index in [1.54, 1.807) is 0 Å². The molecule has 2 aliphatic rings. The summed E-state index contributed by atoms with van der Waals surface area (Å²) in [5.41, 5.74) is 10.7. The van der Waals surface area contributed by atoms with Gasteiger partial charge in [0.1, 0.15) is 5.54 Å². The second-order valence-corrected chi connectivity index (χ2v) is 5.38. The topological polar surface area (TPSA) is 96.1 Å². The van der Waals surface area contributed by atoms with E-state index >= 15 is 0 Å². The molecule has 0 aromatic rings. The highest BCUT2D eigenvalue weighted by Crippen LogP contribution is 2.38. The van der Waals surface area contributed by atoms with E-state index in [4.69, 9.17) is 11.5 Å². The molecular weight excluding hydrogens is 216 g/mol. The number of likely N-dealkylation sites (tertiary alicyclic amines) is 1. The largest absolute Gasteiger partial charge is 0.369 e. The van der Waals surface area contributed by atoms with E-state index in [1.807, 2.05) is 0 Å². The van der Waals surface area contributed by atoms with Crippen LogP contribution in [0, 0.1) is 23.2 Å². The van der Waals surface area contributed by atoms with Crippen LogP contribution < -0.4 is 11.5 Å². The van der Waals surface area contributed by atoms with Crippen molar-refractivity contribution in [2.45, 2.75) is 31.2 Å². The summed E-state index contributed by atoms with van der Waals surface area (Å²) in [7, 11) is 0. The maximum atomic E-state index is 11.0. The molecule has 1 atom stereocenters. The van der Waals surface area contributed by atoms with Gasteiger partial charge in [0.15, 0.2) is 0 Å². The summed E-state index contributed by atoms with van der Waals surface area (Å²) in [4.78, 5) is 13.2. The van der Waals surface area contributed by atoms with Crippen LogP contribution in [-0.4, -0.2) is 36.0 Å². The molecule has 1 amide bonds. The molecule has 5 nitrogen and oxygen atoms in total. The Morgan fingerprint density at radius 3 is 2.35 bits per heavy atom. The van der Waals surface area contributed by atoms with E-state index in [1.165, 1.54) is 0 Å². The lowest BCUT2D eigenvalue weighted by molar-refractivity contribution is -0.123. The van der Waals surface area contributed by atoms with Gasteiger partial charge in [0, 0.05) is 12.5 Å². The summed E-state index contributed by atoms with van der Waals surface area (Å²) in [5, 5.41) is 9.19. The molecule has 0 radical (unpaired) electrons. The molecule has 1 aliphatic heterocycles. The van der Waals surface area contributed by atoms with Gasteiger partial charge in [-0.15, -0.1) is 0 Å². The van der Waals surface area contributed by atoms with Crippen molar-refractivity contribution in [1.29, 1.82) is 5.26 Å². The fourth-order valence-electron chi connectivity index (χ4n) is 2.60. The molecule has 4 N–H and O–H groups in total. The van der Waals surface area contributed by atoms with Crippen LogP contribution in [0.25, 0.3) is 0 Å². The van der Waals surface area contributed by atoms with Crippen LogP contribution in [0.1, 0.15) is 25.7 Å². The van der Waals surface area contributed by atoms with Crippen LogP contribution in [0.2, 0.25) is 0 Å². The number of rotatable bonds is 4. The normalized spacial score (nSPS) is 26.1. The number of hydrogen-bond acceptors (Lipinski definition) is 4. The Balaban J connectivity index is 1.85. The van der Waals surface area contributed by atoms with Gasteiger partial charge in [0.2, 0.25) is 5.91 Å². The molecule has 94 valence electrons. The highest BCUT2D eigenvalue weighted by atomic mass is 16.1. The van der Waals surface area contributed by atoms with Gasteiger partial charge in [0.05, 0.1) is 6.07 Å². The van der Waals surface area contributed by atoms with Gasteiger partial charge in [0.25, 0.3) is 0 Å². The maximum Gasteiger partial charge on any atom is 0.220 e. The molecular formula is C12H20N4O. The lowest BCUT2D eigenvalue weighted by Gasteiger charge is -2.35. The molecule has 1 aliphatic carbocycles. The molecule has 0 bridgehead atoms. The van der Waals surface area contributed by atoms with Crippen molar-refractivity contribution in [3.8, 4) is 6.07 Å². The molecule has 17 heavy (non-hydrogen) atoms. The summed E-state index contributed by atoms with van der Waals surface area (Å²) >= 11 is 0. The summed E-state index contributed by atoms with van der Waals surface area (Å²) in [6, 6.07) is 2.27. The quantitative estimate of drug-likeness (QED) is 0.707. The predicted octanol–water partition coefficient (Wildman–Crippen LogP) is -0.185. The first-order valence-electron chi connectivity index (χ1n) is 6.27. The first kappa shape index (κ1) is 12.3.